The Morgan fingerprint density at radius 3 is 1.26 bits per heavy atom. The topological polar surface area (TPSA) is 56.7 Å². The third kappa shape index (κ3) is 6.69. The largest absolute Gasteiger partial charge is 0.456 e. The highest BCUT2D eigenvalue weighted by molar-refractivity contribution is 6.75. The number of benzene rings is 9. The van der Waals surface area contributed by atoms with Crippen molar-refractivity contribution in [3.63, 3.8) is 0 Å². The first-order valence-corrected chi connectivity index (χ1v) is 22.8. The molecule has 12 rings (SSSR count). The van der Waals surface area contributed by atoms with Crippen LogP contribution in [-0.4, -0.2) is 145 Å². The standard InChI is InChI=1S/C53H16B16N4O/c54-32-24(19-15-21(25-20-13-7-8-14-22(20)74-23(25)16-19)53-71-51(17-9-3-1-4-10-17)70-52(72-53)18-11-5-2-6-12-18)33(55)46(68)50(45(32)67)73-48-29(31-38(60)43(65)44(66)47(69)49(31)73)27-26(34(56)39(61)40(62)35(27)57)28-30(48)37(59)42(64)41(63)36(28)58/h1-16H. The van der Waals surface area contributed by atoms with Crippen molar-refractivity contribution in [1.82, 2.24) is 19.5 Å². The van der Waals surface area contributed by atoms with Crippen molar-refractivity contribution in [2.24, 2.45) is 0 Å². The molecular weight excluding hydrogens is 882 g/mol. The van der Waals surface area contributed by atoms with E-state index >= 15 is 0 Å². The number of furan rings is 1. The Bertz CT molecular complexity index is 4420. The van der Waals surface area contributed by atoms with Gasteiger partial charge in [0.25, 0.3) is 0 Å². The minimum absolute atomic E-state index is 0.00329. The van der Waals surface area contributed by atoms with Gasteiger partial charge in [-0.3, -0.25) is 0 Å². The highest BCUT2D eigenvalue weighted by Gasteiger charge is 2.30. The first-order chi connectivity index (χ1) is 35.4. The zero-order valence-corrected chi connectivity index (χ0v) is 39.2. The average Bonchev–Trinajstić information content (AvgIpc) is 3.97. The van der Waals surface area contributed by atoms with Crippen molar-refractivity contribution in [2.75, 3.05) is 0 Å². The molecule has 21 heteroatoms. The predicted molar refractivity (Wildman–Crippen MR) is 324 cm³/mol. The molecule has 0 N–H and O–H groups in total. The monoisotopic (exact) mass is 900 g/mol. The van der Waals surface area contributed by atoms with E-state index in [2.05, 4.69) is 0 Å². The molecule has 0 saturated carbocycles. The SMILES string of the molecule is [B]c1c([B])c(-n2c3c([B])c([B])c([B])c([B])c3c3c4c([B])c([B])c([B])c([B])c4c4c([B])c([B])c([B])c([B])c4c32)c([B])c([B])c1-c1cc(-c2nc(-c3ccccc3)nc(-c3ccccc3)n2)c2c(c1)oc1ccccc12. The Morgan fingerprint density at radius 2 is 0.730 bits per heavy atom. The average molecular weight is 898 g/mol. The summed E-state index contributed by atoms with van der Waals surface area (Å²) in [6.45, 7) is 0. The van der Waals surface area contributed by atoms with Crippen molar-refractivity contribution < 1.29 is 4.42 Å². The van der Waals surface area contributed by atoms with Gasteiger partial charge in [-0.25, -0.2) is 15.0 Å². The predicted octanol–water partition coefficient (Wildman–Crippen LogP) is -5.46. The molecule has 3 aromatic heterocycles. The van der Waals surface area contributed by atoms with Gasteiger partial charge in [-0.2, -0.15) is 0 Å². The molecule has 0 bridgehead atoms. The fraction of sp³-hybridized carbons (Fsp3) is 0. The van der Waals surface area contributed by atoms with Gasteiger partial charge in [0.05, 0.1) is 5.52 Å². The van der Waals surface area contributed by atoms with E-state index in [1.54, 1.807) is 10.6 Å². The third-order valence-corrected chi connectivity index (χ3v) is 14.2. The van der Waals surface area contributed by atoms with E-state index in [-0.39, 0.29) is 142 Å². The number of rotatable bonds is 5. The maximum absolute atomic E-state index is 7.34. The van der Waals surface area contributed by atoms with E-state index in [1.165, 1.54) is 0 Å². The van der Waals surface area contributed by atoms with Crippen LogP contribution in [0.25, 0.3) is 116 Å². The summed E-state index contributed by atoms with van der Waals surface area (Å²) in [4.78, 5) is 15.1. The first-order valence-electron chi connectivity index (χ1n) is 22.8. The number of fused-ring (bicyclic) bond motifs is 11. The zero-order valence-electron chi connectivity index (χ0n) is 39.2. The molecule has 32 radical (unpaired) electrons. The minimum Gasteiger partial charge on any atom is -0.456 e. The quantitative estimate of drug-likeness (QED) is 0.128. The van der Waals surface area contributed by atoms with Crippen LogP contribution in [0.4, 0.5) is 0 Å². The molecule has 0 unspecified atom stereocenters. The van der Waals surface area contributed by atoms with Crippen molar-refractivity contribution in [3.05, 3.63) is 97.1 Å². The second kappa shape index (κ2) is 17.4. The van der Waals surface area contributed by atoms with Crippen LogP contribution < -0.4 is 87.4 Å². The molecule has 0 aliphatic heterocycles. The smallest absolute Gasteiger partial charge is 0.164 e. The molecule has 5 nitrogen and oxygen atoms in total. The molecule has 0 aliphatic carbocycles. The summed E-state index contributed by atoms with van der Waals surface area (Å²) < 4.78 is 8.16. The van der Waals surface area contributed by atoms with E-state index in [0.717, 1.165) is 21.9 Å². The summed E-state index contributed by atoms with van der Waals surface area (Å²) in [5.41, 5.74) is 3.74. The molecule has 0 aliphatic rings. The summed E-state index contributed by atoms with van der Waals surface area (Å²) in [7, 11) is 111. The molecular formula is C53H16B16N4O. The number of nitrogens with zero attached hydrogens (tertiary/aromatic N) is 4. The van der Waals surface area contributed by atoms with Crippen LogP contribution in [0.2, 0.25) is 0 Å². The molecule has 302 valence electrons. The van der Waals surface area contributed by atoms with E-state index in [1.807, 2.05) is 91.0 Å². The molecule has 0 fully saturated rings. The Hall–Kier alpha value is -6.85. The highest BCUT2D eigenvalue weighted by atomic mass is 16.3. The third-order valence-electron chi connectivity index (χ3n) is 14.2. The maximum Gasteiger partial charge on any atom is 0.164 e. The first kappa shape index (κ1) is 48.1. The van der Waals surface area contributed by atoms with Crippen molar-refractivity contribution in [3.8, 4) is 51.0 Å². The molecule has 0 spiro atoms. The van der Waals surface area contributed by atoms with Crippen molar-refractivity contribution >= 4 is 278 Å². The van der Waals surface area contributed by atoms with Gasteiger partial charge in [0, 0.05) is 49.4 Å². The Labute approximate surface area is 447 Å². The molecule has 3 heterocycles. The second-order valence-electron chi connectivity index (χ2n) is 18.2. The summed E-state index contributed by atoms with van der Waals surface area (Å²) in [6.07, 6.45) is 0. The number of hydrogen-bond donors (Lipinski definition) is 0. The molecule has 0 amide bonds. The van der Waals surface area contributed by atoms with E-state index in [4.69, 9.17) is 145 Å². The fourth-order valence-corrected chi connectivity index (χ4v) is 10.5. The van der Waals surface area contributed by atoms with Crippen LogP contribution in [0.3, 0.4) is 0 Å². The molecule has 12 aromatic rings. The van der Waals surface area contributed by atoms with Gasteiger partial charge in [0.2, 0.25) is 0 Å². The normalized spacial score (nSPS) is 11.8. The van der Waals surface area contributed by atoms with Crippen molar-refractivity contribution in [2.45, 2.75) is 0 Å². The lowest BCUT2D eigenvalue weighted by Crippen LogP contribution is -2.50. The van der Waals surface area contributed by atoms with Crippen molar-refractivity contribution in [1.29, 1.82) is 0 Å². The Kier molecular flexibility index (Phi) is 11.3. The fourth-order valence-electron chi connectivity index (χ4n) is 10.5. The molecule has 74 heavy (non-hydrogen) atoms. The Morgan fingerprint density at radius 1 is 0.311 bits per heavy atom. The number of para-hydroxylation sites is 1. The lowest BCUT2D eigenvalue weighted by Gasteiger charge is -2.27. The second-order valence-corrected chi connectivity index (χ2v) is 18.2. The number of aromatic nitrogens is 4. The van der Waals surface area contributed by atoms with Crippen LogP contribution in [-0.2, 0) is 0 Å². The molecule has 0 saturated heterocycles. The summed E-state index contributed by atoms with van der Waals surface area (Å²) in [5.74, 6) is 1.21. The Balaban J connectivity index is 1.22. The minimum atomic E-state index is -0.0736. The van der Waals surface area contributed by atoms with Gasteiger partial charge in [-0.05, 0) is 50.9 Å². The van der Waals surface area contributed by atoms with Crippen LogP contribution in [0.5, 0.6) is 0 Å². The van der Waals surface area contributed by atoms with Gasteiger partial charge < -0.3 is 8.98 Å². The lowest BCUT2D eigenvalue weighted by molar-refractivity contribution is 0.669. The molecule has 9 aromatic carbocycles. The van der Waals surface area contributed by atoms with Crippen LogP contribution in [0.15, 0.2) is 101 Å². The lowest BCUT2D eigenvalue weighted by atomic mass is 9.60. The maximum atomic E-state index is 7.34. The van der Waals surface area contributed by atoms with Gasteiger partial charge in [-0.1, -0.05) is 133 Å². The van der Waals surface area contributed by atoms with E-state index in [0.29, 0.717) is 39.8 Å². The van der Waals surface area contributed by atoms with E-state index < -0.39 is 0 Å². The van der Waals surface area contributed by atoms with Crippen LogP contribution in [0.1, 0.15) is 0 Å². The van der Waals surface area contributed by atoms with Gasteiger partial charge >= 0.3 is 0 Å². The van der Waals surface area contributed by atoms with Gasteiger partial charge in [-0.15, -0.1) is 32.8 Å². The zero-order chi connectivity index (χ0) is 52.1. The van der Waals surface area contributed by atoms with Gasteiger partial charge in [0.15, 0.2) is 17.5 Å². The molecule has 0 atom stereocenters. The van der Waals surface area contributed by atoms with E-state index in [9.17, 15) is 0 Å². The van der Waals surface area contributed by atoms with Gasteiger partial charge in [0.1, 0.15) is 137 Å². The summed E-state index contributed by atoms with van der Waals surface area (Å²) in [5, 5.41) is 2.89. The van der Waals surface area contributed by atoms with Crippen LogP contribution in [0, 0.1) is 0 Å². The van der Waals surface area contributed by atoms with Crippen LogP contribution >= 0.6 is 0 Å². The number of hydrogen-bond acceptors (Lipinski definition) is 4. The summed E-state index contributed by atoms with van der Waals surface area (Å²) in [6, 6.07) is 30.5. The highest BCUT2D eigenvalue weighted by Crippen LogP contribution is 2.41. The summed E-state index contributed by atoms with van der Waals surface area (Å²) >= 11 is 0.